The Bertz CT molecular complexity index is 607. The van der Waals surface area contributed by atoms with Crippen molar-refractivity contribution in [2.45, 2.75) is 32.5 Å². The molecule has 0 bridgehead atoms. The molecule has 0 saturated carbocycles. The van der Waals surface area contributed by atoms with Crippen molar-refractivity contribution in [3.63, 3.8) is 0 Å². The highest BCUT2D eigenvalue weighted by Gasteiger charge is 2.45. The maximum atomic E-state index is 12.2. The van der Waals surface area contributed by atoms with Crippen molar-refractivity contribution < 1.29 is 14.4 Å². The minimum Gasteiger partial charge on any atom is -0.444 e. The summed E-state index contributed by atoms with van der Waals surface area (Å²) in [4.78, 5) is 19.3. The van der Waals surface area contributed by atoms with Crippen LogP contribution in [-0.4, -0.2) is 41.5 Å². The van der Waals surface area contributed by atoms with Crippen LogP contribution in [0.25, 0.3) is 0 Å². The van der Waals surface area contributed by atoms with Gasteiger partial charge in [-0.2, -0.15) is 0 Å². The van der Waals surface area contributed by atoms with Crippen LogP contribution in [0.4, 0.5) is 4.79 Å². The molecule has 2 aliphatic rings. The van der Waals surface area contributed by atoms with E-state index >= 15 is 0 Å². The average Bonchev–Trinajstić information content (AvgIpc) is 2.97. The molecule has 1 saturated heterocycles. The van der Waals surface area contributed by atoms with E-state index in [4.69, 9.17) is 21.2 Å². The van der Waals surface area contributed by atoms with Gasteiger partial charge in [-0.25, -0.2) is 4.79 Å². The molecule has 0 aliphatic carbocycles. The fraction of sp³-hybridized carbons (Fsp3) is 0.500. The van der Waals surface area contributed by atoms with Crippen molar-refractivity contribution in [3.05, 3.63) is 34.9 Å². The van der Waals surface area contributed by atoms with Gasteiger partial charge in [0.25, 0.3) is 0 Å². The molecule has 22 heavy (non-hydrogen) atoms. The van der Waals surface area contributed by atoms with Crippen LogP contribution in [0.1, 0.15) is 26.3 Å². The Morgan fingerprint density at radius 2 is 2.00 bits per heavy atom. The predicted molar refractivity (Wildman–Crippen MR) is 84.2 cm³/mol. The summed E-state index contributed by atoms with van der Waals surface area (Å²) in [5, 5.41) is 4.87. The molecule has 2 atom stereocenters. The van der Waals surface area contributed by atoms with Crippen molar-refractivity contribution in [2.75, 3.05) is 13.1 Å². The number of nitrogens with zero attached hydrogens (tertiary/aromatic N) is 2. The number of rotatable bonds is 1. The number of amides is 1. The Labute approximate surface area is 134 Å². The van der Waals surface area contributed by atoms with Gasteiger partial charge < -0.3 is 14.5 Å². The molecular weight excluding hydrogens is 304 g/mol. The molecule has 0 unspecified atom stereocenters. The van der Waals surface area contributed by atoms with Gasteiger partial charge in [-0.3, -0.25) is 0 Å². The molecule has 0 N–H and O–H groups in total. The third-order valence-electron chi connectivity index (χ3n) is 3.70. The number of oxime groups is 1. The lowest BCUT2D eigenvalue weighted by Crippen LogP contribution is -2.36. The van der Waals surface area contributed by atoms with Crippen LogP contribution >= 0.6 is 11.6 Å². The number of hydrogen-bond acceptors (Lipinski definition) is 4. The van der Waals surface area contributed by atoms with Gasteiger partial charge in [0, 0.05) is 11.6 Å². The summed E-state index contributed by atoms with van der Waals surface area (Å²) in [5.74, 6) is 0.0775. The van der Waals surface area contributed by atoms with E-state index in [2.05, 4.69) is 5.16 Å². The summed E-state index contributed by atoms with van der Waals surface area (Å²) in [6, 6.07) is 7.49. The molecule has 0 aromatic heterocycles. The summed E-state index contributed by atoms with van der Waals surface area (Å²) >= 11 is 5.92. The molecule has 6 heteroatoms. The normalized spacial score (nSPS) is 23.8. The van der Waals surface area contributed by atoms with Gasteiger partial charge in [-0.05, 0) is 38.5 Å². The molecule has 1 amide bonds. The van der Waals surface area contributed by atoms with Crippen molar-refractivity contribution in [3.8, 4) is 0 Å². The highest BCUT2D eigenvalue weighted by molar-refractivity contribution is 6.30. The molecule has 2 aliphatic heterocycles. The topological polar surface area (TPSA) is 51.1 Å². The Kier molecular flexibility index (Phi) is 3.77. The summed E-state index contributed by atoms with van der Waals surface area (Å²) in [7, 11) is 0. The lowest BCUT2D eigenvalue weighted by atomic mass is 9.95. The van der Waals surface area contributed by atoms with E-state index in [0.717, 1.165) is 11.3 Å². The number of hydrogen-bond donors (Lipinski definition) is 0. The van der Waals surface area contributed by atoms with Gasteiger partial charge in [0.1, 0.15) is 5.60 Å². The third kappa shape index (κ3) is 3.04. The Morgan fingerprint density at radius 1 is 1.32 bits per heavy atom. The monoisotopic (exact) mass is 322 g/mol. The van der Waals surface area contributed by atoms with Crippen LogP contribution in [0.3, 0.4) is 0 Å². The second kappa shape index (κ2) is 5.47. The fourth-order valence-corrected chi connectivity index (χ4v) is 2.82. The number of benzene rings is 1. The predicted octanol–water partition coefficient (Wildman–Crippen LogP) is 3.31. The van der Waals surface area contributed by atoms with E-state index in [1.807, 2.05) is 45.0 Å². The molecule has 1 aromatic carbocycles. The molecule has 5 nitrogen and oxygen atoms in total. The van der Waals surface area contributed by atoms with E-state index in [-0.39, 0.29) is 18.1 Å². The first kappa shape index (κ1) is 15.2. The standard InChI is InChI=1S/C16H19ClN2O3/c1-16(2,3)21-15(20)19-8-12-13(9-19)22-18-14(12)10-4-6-11(17)7-5-10/h4-7,12-13H,8-9H2,1-3H3/t12-,13+/m1/s1. The molecule has 2 heterocycles. The first-order chi connectivity index (χ1) is 10.3. The SMILES string of the molecule is CC(C)(C)OC(=O)N1C[C@@H]2ON=C(c3ccc(Cl)cc3)[C@@H]2C1. The van der Waals surface area contributed by atoms with E-state index in [1.54, 1.807) is 4.90 Å². The third-order valence-corrected chi connectivity index (χ3v) is 3.95. The molecule has 0 spiro atoms. The maximum absolute atomic E-state index is 12.2. The lowest BCUT2D eigenvalue weighted by molar-refractivity contribution is 0.0228. The summed E-state index contributed by atoms with van der Waals surface area (Å²) in [5.41, 5.74) is 1.35. The van der Waals surface area contributed by atoms with Gasteiger partial charge in [0.2, 0.25) is 0 Å². The van der Waals surface area contributed by atoms with Crippen LogP contribution < -0.4 is 0 Å². The van der Waals surface area contributed by atoms with Gasteiger partial charge in [0.05, 0.1) is 18.2 Å². The van der Waals surface area contributed by atoms with Crippen LogP contribution in [0.5, 0.6) is 0 Å². The first-order valence-corrected chi connectivity index (χ1v) is 7.69. The van der Waals surface area contributed by atoms with E-state index in [9.17, 15) is 4.79 Å². The number of carbonyl (C=O) groups excluding carboxylic acids is 1. The van der Waals surface area contributed by atoms with Crippen LogP contribution in [0.15, 0.2) is 29.4 Å². The second-order valence-corrected chi connectivity index (χ2v) is 7.06. The van der Waals surface area contributed by atoms with E-state index < -0.39 is 5.60 Å². The van der Waals surface area contributed by atoms with Gasteiger partial charge in [-0.1, -0.05) is 28.9 Å². The highest BCUT2D eigenvalue weighted by atomic mass is 35.5. The molecule has 0 radical (unpaired) electrons. The number of ether oxygens (including phenoxy) is 1. The zero-order valence-electron chi connectivity index (χ0n) is 12.9. The van der Waals surface area contributed by atoms with Gasteiger partial charge >= 0.3 is 6.09 Å². The largest absolute Gasteiger partial charge is 0.444 e. The second-order valence-electron chi connectivity index (χ2n) is 6.62. The van der Waals surface area contributed by atoms with Crippen molar-refractivity contribution in [2.24, 2.45) is 11.1 Å². The quantitative estimate of drug-likeness (QED) is 0.797. The Morgan fingerprint density at radius 3 is 2.64 bits per heavy atom. The van der Waals surface area contributed by atoms with Crippen molar-refractivity contribution in [1.82, 2.24) is 4.90 Å². The van der Waals surface area contributed by atoms with Crippen molar-refractivity contribution in [1.29, 1.82) is 0 Å². The molecule has 3 rings (SSSR count). The maximum Gasteiger partial charge on any atom is 0.410 e. The molecule has 1 aromatic rings. The summed E-state index contributed by atoms with van der Waals surface area (Å²) in [6.07, 6.45) is -0.404. The van der Waals surface area contributed by atoms with Crippen molar-refractivity contribution >= 4 is 23.4 Å². The minimum absolute atomic E-state index is 0.0775. The number of fused-ring (bicyclic) bond motifs is 1. The zero-order chi connectivity index (χ0) is 15.9. The van der Waals surface area contributed by atoms with Crippen LogP contribution in [-0.2, 0) is 9.57 Å². The zero-order valence-corrected chi connectivity index (χ0v) is 13.6. The summed E-state index contributed by atoms with van der Waals surface area (Å²) in [6.45, 7) is 6.64. The smallest absolute Gasteiger partial charge is 0.410 e. The van der Waals surface area contributed by atoms with Gasteiger partial charge in [-0.15, -0.1) is 0 Å². The average molecular weight is 323 g/mol. The van der Waals surface area contributed by atoms with Crippen LogP contribution in [0, 0.1) is 5.92 Å². The fourth-order valence-electron chi connectivity index (χ4n) is 2.70. The number of carbonyl (C=O) groups is 1. The molecular formula is C16H19ClN2O3. The van der Waals surface area contributed by atoms with E-state index in [0.29, 0.717) is 18.1 Å². The highest BCUT2D eigenvalue weighted by Crippen LogP contribution is 2.31. The van der Waals surface area contributed by atoms with Crippen LogP contribution in [0.2, 0.25) is 5.02 Å². The van der Waals surface area contributed by atoms with E-state index in [1.165, 1.54) is 0 Å². The Balaban J connectivity index is 1.71. The number of halogens is 1. The summed E-state index contributed by atoms with van der Waals surface area (Å²) < 4.78 is 5.42. The number of likely N-dealkylation sites (tertiary alicyclic amines) is 1. The van der Waals surface area contributed by atoms with Gasteiger partial charge in [0.15, 0.2) is 6.10 Å². The Hall–Kier alpha value is -1.75. The lowest BCUT2D eigenvalue weighted by Gasteiger charge is -2.24. The molecule has 1 fully saturated rings. The molecule has 118 valence electrons. The minimum atomic E-state index is -0.497. The first-order valence-electron chi connectivity index (χ1n) is 7.31.